The highest BCUT2D eigenvalue weighted by Gasteiger charge is 2.16. The van der Waals surface area contributed by atoms with Gasteiger partial charge in [-0.25, -0.2) is 9.97 Å². The van der Waals surface area contributed by atoms with Gasteiger partial charge in [0.05, 0.1) is 32.4 Å². The van der Waals surface area contributed by atoms with E-state index in [4.69, 9.17) is 17.3 Å². The van der Waals surface area contributed by atoms with E-state index in [1.807, 2.05) is 54.6 Å². The Hall–Kier alpha value is -2.22. The van der Waals surface area contributed by atoms with Crippen LogP contribution in [0, 0.1) is 0 Å². The maximum atomic E-state index is 6.42. The Bertz CT molecular complexity index is 1140. The molecule has 0 atom stereocenters. The largest absolute Gasteiger partial charge is 0.368 e. The highest BCUT2D eigenvalue weighted by Crippen LogP contribution is 2.37. The van der Waals surface area contributed by atoms with Crippen LogP contribution in [-0.4, -0.2) is 15.0 Å². The number of nitrogens with zero attached hydrogens (tertiary/aromatic N) is 4. The summed E-state index contributed by atoms with van der Waals surface area (Å²) in [5.41, 5.74) is 9.39. The second kappa shape index (κ2) is 7.42. The zero-order chi connectivity index (χ0) is 19.0. The van der Waals surface area contributed by atoms with Crippen LogP contribution < -0.4 is 9.66 Å². The van der Waals surface area contributed by atoms with Crippen LogP contribution in [0.15, 0.2) is 65.4 Å². The molecule has 2 aromatic heterocycles. The zero-order valence-electron chi connectivity index (χ0n) is 13.8. The molecule has 4 aromatic rings. The van der Waals surface area contributed by atoms with Crippen LogP contribution >= 0.6 is 43.7 Å². The maximum Gasteiger partial charge on any atom is 0.222 e. The number of fused-ring (bicyclic) bond motifs is 1. The zero-order valence-corrected chi connectivity index (χ0v) is 17.7. The Labute approximate surface area is 177 Å². The number of pyridine rings is 1. The average molecular weight is 506 g/mol. The van der Waals surface area contributed by atoms with Crippen LogP contribution in [-0.2, 0) is 0 Å². The van der Waals surface area contributed by atoms with Gasteiger partial charge in [0.15, 0.2) is 5.82 Å². The van der Waals surface area contributed by atoms with Crippen molar-refractivity contribution in [2.75, 3.05) is 9.66 Å². The first-order chi connectivity index (χ1) is 13.0. The number of rotatable bonds is 3. The number of benzene rings is 2. The van der Waals surface area contributed by atoms with Gasteiger partial charge < -0.3 is 5.73 Å². The third-order valence-electron chi connectivity index (χ3n) is 4.02. The van der Waals surface area contributed by atoms with Gasteiger partial charge in [-0.05, 0) is 51.8 Å². The van der Waals surface area contributed by atoms with Crippen molar-refractivity contribution in [2.45, 2.75) is 0 Å². The van der Waals surface area contributed by atoms with Gasteiger partial charge >= 0.3 is 0 Å². The quantitative estimate of drug-likeness (QED) is 0.268. The summed E-state index contributed by atoms with van der Waals surface area (Å²) in [5, 5.41) is 1.39. The summed E-state index contributed by atoms with van der Waals surface area (Å²) < 4.78 is 2.41. The number of nitrogens with two attached hydrogens (primary N) is 1. The molecule has 0 amide bonds. The van der Waals surface area contributed by atoms with Crippen molar-refractivity contribution in [3.63, 3.8) is 0 Å². The maximum absolute atomic E-state index is 6.42. The second-order valence-electron chi connectivity index (χ2n) is 5.72. The summed E-state index contributed by atoms with van der Waals surface area (Å²) in [6, 6.07) is 17.5. The van der Waals surface area contributed by atoms with Crippen LogP contribution in [0.1, 0.15) is 0 Å². The molecular weight excluding hydrogens is 494 g/mol. The highest BCUT2D eigenvalue weighted by atomic mass is 79.9. The first-order valence-corrected chi connectivity index (χ1v) is 9.81. The molecule has 2 heterocycles. The van der Waals surface area contributed by atoms with Gasteiger partial charge in [0, 0.05) is 17.1 Å². The fraction of sp³-hybridized carbons (Fsp3) is 0. The Morgan fingerprint density at radius 3 is 2.56 bits per heavy atom. The van der Waals surface area contributed by atoms with Gasteiger partial charge in [-0.3, -0.25) is 3.93 Å². The summed E-state index contributed by atoms with van der Waals surface area (Å²) in [6.07, 6.45) is 1.71. The molecule has 134 valence electrons. The molecule has 0 aliphatic heterocycles. The third kappa shape index (κ3) is 3.50. The van der Waals surface area contributed by atoms with Crippen LogP contribution in [0.2, 0.25) is 5.02 Å². The Balaban J connectivity index is 1.92. The van der Waals surface area contributed by atoms with E-state index >= 15 is 0 Å². The molecule has 0 radical (unpaired) electrons. The monoisotopic (exact) mass is 503 g/mol. The van der Waals surface area contributed by atoms with Gasteiger partial charge in [-0.2, -0.15) is 4.98 Å². The number of hydrogen-bond donors (Lipinski definition) is 1. The van der Waals surface area contributed by atoms with Gasteiger partial charge in [0.2, 0.25) is 5.95 Å². The molecule has 5 nitrogen and oxygen atoms in total. The van der Waals surface area contributed by atoms with Crippen LogP contribution in [0.5, 0.6) is 0 Å². The van der Waals surface area contributed by atoms with Gasteiger partial charge in [0.25, 0.3) is 0 Å². The van der Waals surface area contributed by atoms with E-state index in [0.29, 0.717) is 15.4 Å². The van der Waals surface area contributed by atoms with Crippen LogP contribution in [0.25, 0.3) is 22.0 Å². The minimum absolute atomic E-state index is 0.204. The van der Waals surface area contributed by atoms with E-state index in [0.717, 1.165) is 27.7 Å². The number of nitrogen functional groups attached to an aromatic ring is 1. The number of hydrogen-bond acceptors (Lipinski definition) is 5. The van der Waals surface area contributed by atoms with Gasteiger partial charge in [-0.1, -0.05) is 35.9 Å². The molecule has 0 spiro atoms. The molecule has 0 saturated heterocycles. The Kier molecular flexibility index (Phi) is 4.99. The minimum atomic E-state index is 0.204. The van der Waals surface area contributed by atoms with Crippen molar-refractivity contribution >= 4 is 72.0 Å². The fourth-order valence-electron chi connectivity index (χ4n) is 2.77. The number of aromatic nitrogens is 3. The molecule has 0 unspecified atom stereocenters. The topological polar surface area (TPSA) is 67.9 Å². The first-order valence-electron chi connectivity index (χ1n) is 7.93. The van der Waals surface area contributed by atoms with Crippen molar-refractivity contribution in [3.05, 3.63) is 70.4 Å². The van der Waals surface area contributed by atoms with E-state index in [9.17, 15) is 0 Å². The summed E-state index contributed by atoms with van der Waals surface area (Å²) in [6.45, 7) is 0. The van der Waals surface area contributed by atoms with Crippen molar-refractivity contribution in [2.24, 2.45) is 0 Å². The smallest absolute Gasteiger partial charge is 0.222 e. The standard InChI is InChI=1S/C19H12Br2ClN5/c20-17-16(22)13(8-9-24-17)11-6-7-15-14(10-11)18(26-19(23)25-15)27(21)12-4-2-1-3-5-12/h1-10H,(H2,23,25,26). The molecule has 0 aliphatic carbocycles. The minimum Gasteiger partial charge on any atom is -0.368 e. The SMILES string of the molecule is Nc1nc(N(Br)c2ccccc2)c2cc(-c3ccnc(Br)c3Cl)ccc2n1. The molecule has 4 rings (SSSR count). The van der Waals surface area contributed by atoms with Crippen molar-refractivity contribution < 1.29 is 0 Å². The highest BCUT2D eigenvalue weighted by molar-refractivity contribution is 9.10. The van der Waals surface area contributed by atoms with Crippen molar-refractivity contribution in [1.29, 1.82) is 0 Å². The first kappa shape index (κ1) is 18.2. The normalized spacial score (nSPS) is 10.9. The van der Waals surface area contributed by atoms with Crippen LogP contribution in [0.3, 0.4) is 0 Å². The number of para-hydroxylation sites is 1. The molecule has 0 saturated carbocycles. The lowest BCUT2D eigenvalue weighted by Crippen LogP contribution is -2.07. The molecule has 8 heteroatoms. The van der Waals surface area contributed by atoms with Crippen molar-refractivity contribution in [3.8, 4) is 11.1 Å². The molecule has 27 heavy (non-hydrogen) atoms. The molecule has 0 aliphatic rings. The predicted octanol–water partition coefficient (Wildman–Crippen LogP) is 6.14. The van der Waals surface area contributed by atoms with Gasteiger partial charge in [-0.15, -0.1) is 0 Å². The average Bonchev–Trinajstić information content (AvgIpc) is 2.69. The van der Waals surface area contributed by atoms with E-state index in [-0.39, 0.29) is 5.95 Å². The number of halogens is 3. The Morgan fingerprint density at radius 1 is 1.00 bits per heavy atom. The summed E-state index contributed by atoms with van der Waals surface area (Å²) in [5.74, 6) is 0.852. The van der Waals surface area contributed by atoms with Crippen molar-refractivity contribution in [1.82, 2.24) is 15.0 Å². The molecule has 2 N–H and O–H groups in total. The fourth-order valence-corrected chi connectivity index (χ4v) is 3.83. The molecule has 0 fully saturated rings. The summed E-state index contributed by atoms with van der Waals surface area (Å²) >= 11 is 13.4. The lowest BCUT2D eigenvalue weighted by molar-refractivity contribution is 1.21. The van der Waals surface area contributed by atoms with E-state index in [1.54, 1.807) is 10.1 Å². The third-order valence-corrected chi connectivity index (χ3v) is 5.98. The lowest BCUT2D eigenvalue weighted by atomic mass is 10.0. The molecule has 2 aromatic carbocycles. The Morgan fingerprint density at radius 2 is 1.78 bits per heavy atom. The lowest BCUT2D eigenvalue weighted by Gasteiger charge is -2.18. The van der Waals surface area contributed by atoms with E-state index in [2.05, 4.69) is 47.0 Å². The molecular formula is C19H12Br2ClN5. The number of anilines is 3. The van der Waals surface area contributed by atoms with Gasteiger partial charge in [0.1, 0.15) is 4.60 Å². The van der Waals surface area contributed by atoms with Crippen LogP contribution in [0.4, 0.5) is 17.5 Å². The van der Waals surface area contributed by atoms with E-state index in [1.165, 1.54) is 0 Å². The summed E-state index contributed by atoms with van der Waals surface area (Å²) in [4.78, 5) is 12.9. The van der Waals surface area contributed by atoms with E-state index < -0.39 is 0 Å². The second-order valence-corrected chi connectivity index (χ2v) is 7.56. The molecule has 0 bridgehead atoms. The summed E-state index contributed by atoms with van der Waals surface area (Å²) in [7, 11) is 0. The predicted molar refractivity (Wildman–Crippen MR) is 117 cm³/mol.